The lowest BCUT2D eigenvalue weighted by atomic mass is 10.1. The van der Waals surface area contributed by atoms with Crippen LogP contribution in [0.3, 0.4) is 0 Å². The molecule has 4 N–H and O–H groups in total. The highest BCUT2D eigenvalue weighted by atomic mass is 16.5. The molecule has 6 heteroatoms. The molecule has 138 valence electrons. The molecule has 0 spiro atoms. The summed E-state index contributed by atoms with van der Waals surface area (Å²) < 4.78 is 5.32. The maximum Gasteiger partial charge on any atom is 0.255 e. The molecule has 1 amide bonds. The molecule has 26 heavy (non-hydrogen) atoms. The van der Waals surface area contributed by atoms with Gasteiger partial charge in [-0.2, -0.15) is 0 Å². The lowest BCUT2D eigenvalue weighted by Crippen LogP contribution is -2.38. The van der Waals surface area contributed by atoms with Gasteiger partial charge in [0, 0.05) is 13.1 Å². The number of nitrogens with two attached hydrogens (primary N) is 1. The molecule has 0 aliphatic rings. The molecule has 2 rings (SSSR count). The molecule has 0 saturated carbocycles. The van der Waals surface area contributed by atoms with Crippen molar-refractivity contribution in [3.05, 3.63) is 65.7 Å². The quantitative estimate of drug-likeness (QED) is 0.474. The summed E-state index contributed by atoms with van der Waals surface area (Å²) in [5.41, 5.74) is 7.38. The number of nitrogens with zero attached hydrogens (tertiary/aromatic N) is 1. The molecule has 0 unspecified atom stereocenters. The molecule has 0 aromatic heterocycles. The average molecular weight is 354 g/mol. The van der Waals surface area contributed by atoms with E-state index in [1.165, 1.54) is 5.56 Å². The van der Waals surface area contributed by atoms with E-state index < -0.39 is 5.91 Å². The van der Waals surface area contributed by atoms with E-state index in [0.717, 1.165) is 31.0 Å². The van der Waals surface area contributed by atoms with Crippen molar-refractivity contribution in [2.24, 2.45) is 10.7 Å². The largest absolute Gasteiger partial charge is 0.484 e. The zero-order chi connectivity index (χ0) is 18.6. The first-order chi connectivity index (χ1) is 12.7. The van der Waals surface area contributed by atoms with Crippen LogP contribution in [0.1, 0.15) is 18.1 Å². The van der Waals surface area contributed by atoms with Gasteiger partial charge in [-0.1, -0.05) is 42.5 Å². The third-order valence-electron chi connectivity index (χ3n) is 3.59. The zero-order valence-electron chi connectivity index (χ0n) is 15.1. The van der Waals surface area contributed by atoms with Gasteiger partial charge in [-0.05, 0) is 36.6 Å². The Hall–Kier alpha value is -3.02. The summed E-state index contributed by atoms with van der Waals surface area (Å²) in [6.07, 6.45) is 0.932. The predicted molar refractivity (Wildman–Crippen MR) is 104 cm³/mol. The second-order valence-electron chi connectivity index (χ2n) is 5.76. The van der Waals surface area contributed by atoms with Gasteiger partial charge in [0.25, 0.3) is 5.91 Å². The van der Waals surface area contributed by atoms with Crippen molar-refractivity contribution in [2.75, 3.05) is 19.7 Å². The number of benzene rings is 2. The lowest BCUT2D eigenvalue weighted by molar-refractivity contribution is -0.119. The van der Waals surface area contributed by atoms with Gasteiger partial charge < -0.3 is 21.1 Å². The Kier molecular flexibility index (Phi) is 7.99. The van der Waals surface area contributed by atoms with Gasteiger partial charge in [-0.3, -0.25) is 4.79 Å². The standard InChI is InChI=1S/C20H26N4O2/c1-2-22-20(23-12-11-16-7-4-3-5-8-16)24-14-17-9-6-10-18(13-17)26-15-19(21)25/h3-10,13H,2,11-12,14-15H2,1H3,(H2,21,25)(H2,22,23,24). The highest BCUT2D eigenvalue weighted by Crippen LogP contribution is 2.14. The van der Waals surface area contributed by atoms with Crippen LogP contribution < -0.4 is 21.1 Å². The summed E-state index contributed by atoms with van der Waals surface area (Å²) in [7, 11) is 0. The molecule has 2 aromatic carbocycles. The summed E-state index contributed by atoms with van der Waals surface area (Å²) in [4.78, 5) is 15.4. The van der Waals surface area contributed by atoms with Gasteiger partial charge in [-0.15, -0.1) is 0 Å². The monoisotopic (exact) mass is 354 g/mol. The van der Waals surface area contributed by atoms with Gasteiger partial charge in [-0.25, -0.2) is 4.99 Å². The first-order valence-corrected chi connectivity index (χ1v) is 8.73. The number of ether oxygens (including phenoxy) is 1. The van der Waals surface area contributed by atoms with Crippen molar-refractivity contribution in [1.29, 1.82) is 0 Å². The molecule has 0 aliphatic heterocycles. The number of guanidine groups is 1. The number of nitrogens with one attached hydrogen (secondary N) is 2. The first kappa shape index (κ1) is 19.3. The Balaban J connectivity index is 1.89. The van der Waals surface area contributed by atoms with Crippen LogP contribution in [0.2, 0.25) is 0 Å². The van der Waals surface area contributed by atoms with Crippen LogP contribution >= 0.6 is 0 Å². The van der Waals surface area contributed by atoms with E-state index in [1.807, 2.05) is 43.3 Å². The normalized spacial score (nSPS) is 11.0. The summed E-state index contributed by atoms with van der Waals surface area (Å²) in [6.45, 7) is 4.01. The molecule has 0 saturated heterocycles. The number of amides is 1. The van der Waals surface area contributed by atoms with Crippen molar-refractivity contribution in [3.63, 3.8) is 0 Å². The zero-order valence-corrected chi connectivity index (χ0v) is 15.1. The third kappa shape index (κ3) is 7.25. The fraction of sp³-hybridized carbons (Fsp3) is 0.300. The topological polar surface area (TPSA) is 88.7 Å². The molecule has 2 aromatic rings. The van der Waals surface area contributed by atoms with Crippen molar-refractivity contribution >= 4 is 11.9 Å². The smallest absolute Gasteiger partial charge is 0.255 e. The molecular formula is C20H26N4O2. The molecule has 0 atom stereocenters. The molecule has 0 aliphatic carbocycles. The maximum absolute atomic E-state index is 10.8. The van der Waals surface area contributed by atoms with E-state index >= 15 is 0 Å². The van der Waals surface area contributed by atoms with Gasteiger partial charge in [0.2, 0.25) is 0 Å². The minimum absolute atomic E-state index is 0.129. The second kappa shape index (κ2) is 10.8. The van der Waals surface area contributed by atoms with E-state index in [9.17, 15) is 4.79 Å². The van der Waals surface area contributed by atoms with Crippen molar-refractivity contribution in [3.8, 4) is 5.75 Å². The Morgan fingerprint density at radius 2 is 1.85 bits per heavy atom. The van der Waals surface area contributed by atoms with Crippen molar-refractivity contribution in [1.82, 2.24) is 10.6 Å². The van der Waals surface area contributed by atoms with Gasteiger partial charge in [0.05, 0.1) is 6.54 Å². The number of aliphatic imine (C=N–C) groups is 1. The fourth-order valence-electron chi connectivity index (χ4n) is 2.37. The molecule has 0 fully saturated rings. The van der Waals surface area contributed by atoms with Gasteiger partial charge in [0.15, 0.2) is 12.6 Å². The second-order valence-corrected chi connectivity index (χ2v) is 5.76. The minimum Gasteiger partial charge on any atom is -0.484 e. The fourth-order valence-corrected chi connectivity index (χ4v) is 2.37. The number of carbonyl (C=O) groups excluding carboxylic acids is 1. The van der Waals surface area contributed by atoms with E-state index in [0.29, 0.717) is 12.3 Å². The van der Waals surface area contributed by atoms with Crippen molar-refractivity contribution in [2.45, 2.75) is 19.9 Å². The van der Waals surface area contributed by atoms with E-state index in [4.69, 9.17) is 10.5 Å². The molecule has 6 nitrogen and oxygen atoms in total. The van der Waals surface area contributed by atoms with Crippen LogP contribution in [0.5, 0.6) is 5.75 Å². The SMILES string of the molecule is CCNC(=NCc1cccc(OCC(N)=O)c1)NCCc1ccccc1. The summed E-state index contributed by atoms with van der Waals surface area (Å²) in [6, 6.07) is 17.8. The van der Waals surface area contributed by atoms with Crippen LogP contribution in [0, 0.1) is 0 Å². The first-order valence-electron chi connectivity index (χ1n) is 8.73. The van der Waals surface area contributed by atoms with Crippen LogP contribution in [-0.4, -0.2) is 31.6 Å². The predicted octanol–water partition coefficient (Wildman–Crippen LogP) is 1.85. The highest BCUT2D eigenvalue weighted by molar-refractivity contribution is 5.79. The Morgan fingerprint density at radius 3 is 2.58 bits per heavy atom. The van der Waals surface area contributed by atoms with Crippen LogP contribution in [0.25, 0.3) is 0 Å². The molecule has 0 bridgehead atoms. The summed E-state index contributed by atoms with van der Waals surface area (Å²) >= 11 is 0. The van der Waals surface area contributed by atoms with E-state index in [1.54, 1.807) is 6.07 Å². The maximum atomic E-state index is 10.8. The molecular weight excluding hydrogens is 328 g/mol. The number of carbonyl (C=O) groups is 1. The van der Waals surface area contributed by atoms with E-state index in [2.05, 4.69) is 27.8 Å². The Bertz CT molecular complexity index is 717. The van der Waals surface area contributed by atoms with Crippen LogP contribution in [0.15, 0.2) is 59.6 Å². The molecule has 0 radical (unpaired) electrons. The minimum atomic E-state index is -0.495. The number of rotatable bonds is 9. The Labute approximate surface area is 154 Å². The summed E-state index contributed by atoms with van der Waals surface area (Å²) in [5, 5.41) is 6.58. The number of hydrogen-bond donors (Lipinski definition) is 3. The number of primary amides is 1. The van der Waals surface area contributed by atoms with Crippen LogP contribution in [0.4, 0.5) is 0 Å². The highest BCUT2D eigenvalue weighted by Gasteiger charge is 2.01. The Morgan fingerprint density at radius 1 is 1.08 bits per heavy atom. The lowest BCUT2D eigenvalue weighted by Gasteiger charge is -2.11. The van der Waals surface area contributed by atoms with E-state index in [-0.39, 0.29) is 6.61 Å². The number of hydrogen-bond acceptors (Lipinski definition) is 3. The average Bonchev–Trinajstić information content (AvgIpc) is 2.65. The van der Waals surface area contributed by atoms with Gasteiger partial charge >= 0.3 is 0 Å². The van der Waals surface area contributed by atoms with Gasteiger partial charge in [0.1, 0.15) is 5.75 Å². The third-order valence-corrected chi connectivity index (χ3v) is 3.59. The van der Waals surface area contributed by atoms with Crippen molar-refractivity contribution < 1.29 is 9.53 Å². The summed E-state index contributed by atoms with van der Waals surface area (Å²) in [5.74, 6) is 0.885. The molecule has 0 heterocycles. The van der Waals surface area contributed by atoms with Crippen LogP contribution in [-0.2, 0) is 17.8 Å².